The van der Waals surface area contributed by atoms with Crippen LogP contribution in [0, 0.1) is 0 Å². The number of anilines is 1. The second-order valence-electron chi connectivity index (χ2n) is 7.45. The minimum absolute atomic E-state index is 0.102. The van der Waals surface area contributed by atoms with Crippen molar-refractivity contribution in [2.75, 3.05) is 32.2 Å². The van der Waals surface area contributed by atoms with Gasteiger partial charge in [0.15, 0.2) is 5.82 Å². The minimum Gasteiger partial charge on any atom is -0.497 e. The van der Waals surface area contributed by atoms with Gasteiger partial charge in [-0.25, -0.2) is 0 Å². The van der Waals surface area contributed by atoms with Crippen LogP contribution < -0.4 is 19.7 Å². The predicted octanol–water partition coefficient (Wildman–Crippen LogP) is 4.15. The molecule has 1 amide bonds. The lowest BCUT2D eigenvalue weighted by Gasteiger charge is -2.32. The van der Waals surface area contributed by atoms with Crippen molar-refractivity contribution in [1.82, 2.24) is 15.5 Å². The number of benzene rings is 2. The van der Waals surface area contributed by atoms with Crippen LogP contribution in [0.4, 0.5) is 5.82 Å². The molecule has 0 aliphatic carbocycles. The third kappa shape index (κ3) is 4.77. The number of hydrogen-bond donors (Lipinski definition) is 2. The molecule has 8 heteroatoms. The Labute approximate surface area is 186 Å². The number of carbonyl (C=O) groups is 1. The first kappa shape index (κ1) is 21.1. The Morgan fingerprint density at radius 1 is 1.10 bits per heavy atom. The molecule has 0 radical (unpaired) electrons. The van der Waals surface area contributed by atoms with E-state index in [0.717, 1.165) is 43.0 Å². The van der Waals surface area contributed by atoms with Gasteiger partial charge < -0.3 is 19.7 Å². The van der Waals surface area contributed by atoms with Crippen molar-refractivity contribution >= 4 is 23.3 Å². The average molecular weight is 441 g/mol. The number of nitrogens with zero attached hydrogens (tertiary/aromatic N) is 2. The van der Waals surface area contributed by atoms with E-state index in [2.05, 4.69) is 20.4 Å². The van der Waals surface area contributed by atoms with Crippen LogP contribution in [0.2, 0.25) is 5.02 Å². The number of hydrogen-bond acceptors (Lipinski definition) is 5. The summed E-state index contributed by atoms with van der Waals surface area (Å²) in [5, 5.41) is 11.4. The summed E-state index contributed by atoms with van der Waals surface area (Å²) in [6.07, 6.45) is 1.68. The van der Waals surface area contributed by atoms with E-state index >= 15 is 0 Å². The van der Waals surface area contributed by atoms with Gasteiger partial charge in [-0.2, -0.15) is 5.10 Å². The number of H-pyrrole nitrogens is 1. The average Bonchev–Trinajstić information content (AvgIpc) is 3.29. The van der Waals surface area contributed by atoms with E-state index in [1.165, 1.54) is 0 Å². The molecule has 2 heterocycles. The highest BCUT2D eigenvalue weighted by molar-refractivity contribution is 6.30. The molecule has 0 saturated carbocycles. The summed E-state index contributed by atoms with van der Waals surface area (Å²) < 4.78 is 10.5. The predicted molar refractivity (Wildman–Crippen MR) is 121 cm³/mol. The molecule has 1 fully saturated rings. The van der Waals surface area contributed by atoms with Gasteiger partial charge in [0, 0.05) is 36.3 Å². The second kappa shape index (κ2) is 9.31. The maximum atomic E-state index is 12.8. The molecule has 4 rings (SSSR count). The number of carbonyl (C=O) groups excluding carboxylic acids is 1. The molecular formula is C23H25ClN4O3. The quantitative estimate of drug-likeness (QED) is 0.602. The summed E-state index contributed by atoms with van der Waals surface area (Å²) in [5.41, 5.74) is 2.50. The van der Waals surface area contributed by atoms with E-state index in [1.54, 1.807) is 32.4 Å². The molecule has 2 N–H and O–H groups in total. The first-order chi connectivity index (χ1) is 15.1. The summed E-state index contributed by atoms with van der Waals surface area (Å²) in [7, 11) is 3.13. The molecule has 31 heavy (non-hydrogen) atoms. The summed E-state index contributed by atoms with van der Waals surface area (Å²) in [5.74, 6) is 1.92. The van der Waals surface area contributed by atoms with E-state index in [-0.39, 0.29) is 11.9 Å². The van der Waals surface area contributed by atoms with Gasteiger partial charge in [-0.15, -0.1) is 0 Å². The Bertz CT molecular complexity index is 1040. The number of aromatic nitrogens is 2. The lowest BCUT2D eigenvalue weighted by Crippen LogP contribution is -2.44. The van der Waals surface area contributed by atoms with Gasteiger partial charge in [0.25, 0.3) is 5.91 Å². The molecule has 1 aromatic heterocycles. The zero-order valence-corrected chi connectivity index (χ0v) is 18.3. The van der Waals surface area contributed by atoms with Gasteiger partial charge in [-0.3, -0.25) is 9.89 Å². The van der Waals surface area contributed by atoms with Gasteiger partial charge in [0.05, 0.1) is 25.5 Å². The smallest absolute Gasteiger partial charge is 0.255 e. The van der Waals surface area contributed by atoms with Crippen molar-refractivity contribution in [3.8, 4) is 22.8 Å². The highest BCUT2D eigenvalue weighted by Crippen LogP contribution is 2.27. The maximum Gasteiger partial charge on any atom is 0.255 e. The molecular weight excluding hydrogens is 416 g/mol. The minimum atomic E-state index is -0.136. The molecule has 0 unspecified atom stereocenters. The zero-order valence-electron chi connectivity index (χ0n) is 17.5. The number of ether oxygens (including phenoxy) is 2. The van der Waals surface area contributed by atoms with Crippen LogP contribution in [0.1, 0.15) is 23.2 Å². The highest BCUT2D eigenvalue weighted by Gasteiger charge is 2.24. The lowest BCUT2D eigenvalue weighted by molar-refractivity contribution is 0.0928. The number of halogens is 1. The number of methoxy groups -OCH3 is 2. The number of piperidine rings is 1. The van der Waals surface area contributed by atoms with Crippen molar-refractivity contribution in [2.24, 2.45) is 0 Å². The number of aromatic amines is 1. The standard InChI is InChI=1S/C23H25ClN4O3/c1-30-18-7-8-19(21(13-18)31-2)23(29)25-17-9-11-28(12-10-17)22-14-20(26-27-22)15-3-5-16(24)6-4-15/h3-8,13-14,17H,9-12H2,1-2H3,(H,25,29)(H,26,27). The van der Waals surface area contributed by atoms with E-state index in [0.29, 0.717) is 22.1 Å². The van der Waals surface area contributed by atoms with Crippen LogP contribution in [-0.2, 0) is 0 Å². The monoisotopic (exact) mass is 440 g/mol. The van der Waals surface area contributed by atoms with Gasteiger partial charge in [0.2, 0.25) is 0 Å². The van der Waals surface area contributed by atoms with Crippen LogP contribution in [0.15, 0.2) is 48.5 Å². The van der Waals surface area contributed by atoms with Gasteiger partial charge in [0.1, 0.15) is 11.5 Å². The number of rotatable bonds is 6. The first-order valence-electron chi connectivity index (χ1n) is 10.2. The Balaban J connectivity index is 1.35. The molecule has 0 atom stereocenters. The highest BCUT2D eigenvalue weighted by atomic mass is 35.5. The third-order valence-corrected chi connectivity index (χ3v) is 5.78. The zero-order chi connectivity index (χ0) is 21.8. The molecule has 2 aromatic carbocycles. The fraction of sp³-hybridized carbons (Fsp3) is 0.304. The molecule has 0 bridgehead atoms. The van der Waals surface area contributed by atoms with Crippen LogP contribution in [0.5, 0.6) is 11.5 Å². The second-order valence-corrected chi connectivity index (χ2v) is 7.88. The molecule has 7 nitrogen and oxygen atoms in total. The van der Waals surface area contributed by atoms with E-state index in [4.69, 9.17) is 21.1 Å². The van der Waals surface area contributed by atoms with Crippen LogP contribution in [0.25, 0.3) is 11.3 Å². The fourth-order valence-corrected chi connectivity index (χ4v) is 3.88. The first-order valence-corrected chi connectivity index (χ1v) is 10.5. The van der Waals surface area contributed by atoms with Gasteiger partial charge in [-0.05, 0) is 42.7 Å². The topological polar surface area (TPSA) is 79.5 Å². The van der Waals surface area contributed by atoms with Gasteiger partial charge >= 0.3 is 0 Å². The number of amides is 1. The summed E-state index contributed by atoms with van der Waals surface area (Å²) in [4.78, 5) is 15.0. The van der Waals surface area contributed by atoms with E-state index in [9.17, 15) is 4.79 Å². The Morgan fingerprint density at radius 3 is 2.52 bits per heavy atom. The molecule has 1 aliphatic rings. The van der Waals surface area contributed by atoms with Crippen LogP contribution in [0.3, 0.4) is 0 Å². The van der Waals surface area contributed by atoms with Crippen LogP contribution in [-0.4, -0.2) is 49.5 Å². The molecule has 162 valence electrons. The van der Waals surface area contributed by atoms with Crippen LogP contribution >= 0.6 is 11.6 Å². The third-order valence-electron chi connectivity index (χ3n) is 5.53. The Kier molecular flexibility index (Phi) is 6.32. The van der Waals surface area contributed by atoms with Crippen molar-refractivity contribution < 1.29 is 14.3 Å². The Morgan fingerprint density at radius 2 is 1.84 bits per heavy atom. The summed E-state index contributed by atoms with van der Waals surface area (Å²) in [6.45, 7) is 1.63. The van der Waals surface area contributed by atoms with Crippen molar-refractivity contribution in [3.63, 3.8) is 0 Å². The summed E-state index contributed by atoms with van der Waals surface area (Å²) in [6, 6.07) is 15.0. The molecule has 3 aromatic rings. The normalized spacial score (nSPS) is 14.4. The lowest BCUT2D eigenvalue weighted by atomic mass is 10.0. The molecule has 0 spiro atoms. The van der Waals surface area contributed by atoms with Crippen molar-refractivity contribution in [2.45, 2.75) is 18.9 Å². The summed E-state index contributed by atoms with van der Waals surface area (Å²) >= 11 is 5.97. The van der Waals surface area contributed by atoms with Crippen molar-refractivity contribution in [1.29, 1.82) is 0 Å². The largest absolute Gasteiger partial charge is 0.497 e. The van der Waals surface area contributed by atoms with Gasteiger partial charge in [-0.1, -0.05) is 23.7 Å². The molecule has 1 aliphatic heterocycles. The van der Waals surface area contributed by atoms with E-state index in [1.807, 2.05) is 30.3 Å². The molecule has 1 saturated heterocycles. The van der Waals surface area contributed by atoms with E-state index < -0.39 is 0 Å². The Hall–Kier alpha value is -3.19. The SMILES string of the molecule is COc1ccc(C(=O)NC2CCN(c3cc(-c4ccc(Cl)cc4)[nH]n3)CC2)c(OC)c1. The maximum absolute atomic E-state index is 12.8. The van der Waals surface area contributed by atoms with Crippen molar-refractivity contribution in [3.05, 3.63) is 59.1 Å². The fourth-order valence-electron chi connectivity index (χ4n) is 3.75. The number of nitrogens with one attached hydrogen (secondary N) is 2.